The zero-order valence-corrected chi connectivity index (χ0v) is 14.6. The summed E-state index contributed by atoms with van der Waals surface area (Å²) in [6.45, 7) is 2.90. The maximum Gasteiger partial charge on any atom is 0.155 e. The van der Waals surface area contributed by atoms with E-state index in [2.05, 4.69) is 72.3 Å². The van der Waals surface area contributed by atoms with Crippen LogP contribution in [0.25, 0.3) is 5.65 Å². The van der Waals surface area contributed by atoms with E-state index in [0.717, 1.165) is 27.0 Å². The van der Waals surface area contributed by atoms with Gasteiger partial charge in [-0.15, -0.1) is 0 Å². The maximum atomic E-state index is 4.36. The van der Waals surface area contributed by atoms with Crippen molar-refractivity contribution >= 4 is 37.5 Å². The lowest BCUT2D eigenvalue weighted by atomic mass is 10.1. The van der Waals surface area contributed by atoms with Crippen LogP contribution in [0.5, 0.6) is 0 Å². The molecule has 1 aromatic carbocycles. The Bertz CT molecular complexity index is 769. The van der Waals surface area contributed by atoms with Crippen LogP contribution in [-0.4, -0.2) is 14.4 Å². The Labute approximate surface area is 139 Å². The minimum Gasteiger partial charge on any atom is -0.305 e. The number of halogens is 2. The summed E-state index contributed by atoms with van der Waals surface area (Å²) in [6, 6.07) is 8.60. The Morgan fingerprint density at radius 1 is 1.24 bits per heavy atom. The molecule has 6 heteroatoms. The number of fused-ring (bicyclic) bond motifs is 1. The van der Waals surface area contributed by atoms with E-state index in [9.17, 15) is 0 Å². The van der Waals surface area contributed by atoms with E-state index in [4.69, 9.17) is 0 Å². The molecule has 4 nitrogen and oxygen atoms in total. The molecule has 1 atom stereocenters. The summed E-state index contributed by atoms with van der Waals surface area (Å²) in [5, 5.41) is 3.52. The van der Waals surface area contributed by atoms with Gasteiger partial charge in [-0.25, -0.2) is 9.97 Å². The maximum absolute atomic E-state index is 4.36. The highest BCUT2D eigenvalue weighted by molar-refractivity contribution is 9.10. The van der Waals surface area contributed by atoms with Crippen molar-refractivity contribution in [2.75, 3.05) is 0 Å². The van der Waals surface area contributed by atoms with Crippen molar-refractivity contribution in [2.45, 2.75) is 19.5 Å². The molecule has 0 fully saturated rings. The molecule has 0 aliphatic rings. The molecular weight excluding hydrogens is 396 g/mol. The van der Waals surface area contributed by atoms with Gasteiger partial charge in [0, 0.05) is 23.3 Å². The molecular formula is C15H14Br2N4. The summed E-state index contributed by atoms with van der Waals surface area (Å²) < 4.78 is 3.94. The lowest BCUT2D eigenvalue weighted by Crippen LogP contribution is -2.19. The van der Waals surface area contributed by atoms with Gasteiger partial charge >= 0.3 is 0 Å². The van der Waals surface area contributed by atoms with Gasteiger partial charge < -0.3 is 5.32 Å². The van der Waals surface area contributed by atoms with Crippen molar-refractivity contribution in [1.29, 1.82) is 0 Å². The molecule has 0 aliphatic heterocycles. The highest BCUT2D eigenvalue weighted by Crippen LogP contribution is 2.18. The first kappa shape index (κ1) is 14.7. The van der Waals surface area contributed by atoms with E-state index >= 15 is 0 Å². The largest absolute Gasteiger partial charge is 0.305 e. The molecule has 0 spiro atoms. The average Bonchev–Trinajstić information content (AvgIpc) is 2.87. The highest BCUT2D eigenvalue weighted by atomic mass is 79.9. The van der Waals surface area contributed by atoms with Crippen LogP contribution in [0.4, 0.5) is 0 Å². The molecule has 0 saturated carbocycles. The molecule has 1 N–H and O–H groups in total. The van der Waals surface area contributed by atoms with Crippen molar-refractivity contribution in [1.82, 2.24) is 19.7 Å². The number of rotatable bonds is 4. The van der Waals surface area contributed by atoms with Crippen LogP contribution in [0.1, 0.15) is 24.2 Å². The van der Waals surface area contributed by atoms with Gasteiger partial charge in [0.1, 0.15) is 4.60 Å². The third-order valence-corrected chi connectivity index (χ3v) is 4.28. The van der Waals surface area contributed by atoms with E-state index in [-0.39, 0.29) is 6.04 Å². The quantitative estimate of drug-likeness (QED) is 0.705. The molecule has 108 valence electrons. The van der Waals surface area contributed by atoms with Crippen molar-refractivity contribution in [3.8, 4) is 0 Å². The molecule has 0 radical (unpaired) electrons. The smallest absolute Gasteiger partial charge is 0.155 e. The number of aromatic nitrogens is 3. The first-order valence-electron chi connectivity index (χ1n) is 6.60. The Morgan fingerprint density at radius 2 is 2.10 bits per heavy atom. The SMILES string of the molecule is C[C@@H](NCc1cnc2cnc(Br)cn12)c1cccc(Br)c1. The second-order valence-corrected chi connectivity index (χ2v) is 6.57. The van der Waals surface area contributed by atoms with Gasteiger partial charge in [-0.05, 0) is 40.5 Å². The standard InChI is InChI=1S/C15H14Br2N4/c1-10(11-3-2-4-12(16)5-11)18-6-13-7-20-15-8-19-14(17)9-21(13)15/h2-5,7-10,18H,6H2,1H3/t10-/m1/s1. The number of nitrogens with zero attached hydrogens (tertiary/aromatic N) is 3. The number of hydrogen-bond donors (Lipinski definition) is 1. The van der Waals surface area contributed by atoms with E-state index in [0.29, 0.717) is 0 Å². The first-order chi connectivity index (χ1) is 10.1. The van der Waals surface area contributed by atoms with Crippen LogP contribution in [0, 0.1) is 0 Å². The minimum atomic E-state index is 0.262. The van der Waals surface area contributed by atoms with Crippen molar-refractivity contribution < 1.29 is 0 Å². The topological polar surface area (TPSA) is 42.2 Å². The van der Waals surface area contributed by atoms with Crippen LogP contribution in [0.3, 0.4) is 0 Å². The van der Waals surface area contributed by atoms with Crippen LogP contribution in [0.15, 0.2) is 51.9 Å². The molecule has 2 heterocycles. The van der Waals surface area contributed by atoms with Crippen LogP contribution in [0.2, 0.25) is 0 Å². The van der Waals surface area contributed by atoms with Gasteiger partial charge in [0.15, 0.2) is 5.65 Å². The summed E-state index contributed by atoms with van der Waals surface area (Å²) in [6.07, 6.45) is 5.57. The lowest BCUT2D eigenvalue weighted by Gasteiger charge is -2.14. The Morgan fingerprint density at radius 3 is 2.90 bits per heavy atom. The molecule has 2 aromatic heterocycles. The monoisotopic (exact) mass is 408 g/mol. The highest BCUT2D eigenvalue weighted by Gasteiger charge is 2.08. The second-order valence-electron chi connectivity index (χ2n) is 4.85. The van der Waals surface area contributed by atoms with E-state index in [1.54, 1.807) is 6.20 Å². The second kappa shape index (κ2) is 6.25. The number of nitrogens with one attached hydrogen (secondary N) is 1. The molecule has 3 aromatic rings. The molecule has 21 heavy (non-hydrogen) atoms. The Kier molecular flexibility index (Phi) is 4.37. The van der Waals surface area contributed by atoms with Gasteiger partial charge in [0.05, 0.1) is 18.1 Å². The minimum absolute atomic E-state index is 0.262. The predicted molar refractivity (Wildman–Crippen MR) is 90.1 cm³/mol. The normalized spacial score (nSPS) is 12.7. The van der Waals surface area contributed by atoms with Crippen molar-refractivity contribution in [3.05, 3.63) is 63.2 Å². The van der Waals surface area contributed by atoms with E-state index in [1.807, 2.05) is 22.9 Å². The summed E-state index contributed by atoms with van der Waals surface area (Å²) >= 11 is 6.90. The zero-order valence-electron chi connectivity index (χ0n) is 11.4. The predicted octanol–water partition coefficient (Wildman–Crippen LogP) is 4.11. The third kappa shape index (κ3) is 3.33. The van der Waals surface area contributed by atoms with Crippen LogP contribution in [-0.2, 0) is 6.54 Å². The zero-order chi connectivity index (χ0) is 14.8. The Hall–Kier alpha value is -1.24. The summed E-state index contributed by atoms with van der Waals surface area (Å²) in [5.41, 5.74) is 3.21. The fourth-order valence-electron chi connectivity index (χ4n) is 2.20. The van der Waals surface area contributed by atoms with E-state index in [1.165, 1.54) is 5.56 Å². The van der Waals surface area contributed by atoms with Crippen LogP contribution >= 0.6 is 31.9 Å². The van der Waals surface area contributed by atoms with Gasteiger partial charge in [-0.3, -0.25) is 4.40 Å². The van der Waals surface area contributed by atoms with Gasteiger partial charge in [-0.1, -0.05) is 28.1 Å². The fourth-order valence-corrected chi connectivity index (χ4v) is 2.92. The van der Waals surface area contributed by atoms with Gasteiger partial charge in [0.2, 0.25) is 0 Å². The molecule has 0 unspecified atom stereocenters. The van der Waals surface area contributed by atoms with Crippen molar-refractivity contribution in [3.63, 3.8) is 0 Å². The van der Waals surface area contributed by atoms with Crippen molar-refractivity contribution in [2.24, 2.45) is 0 Å². The molecule has 0 saturated heterocycles. The third-order valence-electron chi connectivity index (χ3n) is 3.38. The first-order valence-corrected chi connectivity index (χ1v) is 8.18. The van der Waals surface area contributed by atoms with E-state index < -0.39 is 0 Å². The fraction of sp³-hybridized carbons (Fsp3) is 0.200. The number of hydrogen-bond acceptors (Lipinski definition) is 3. The van der Waals surface area contributed by atoms with Gasteiger partial charge in [-0.2, -0.15) is 0 Å². The lowest BCUT2D eigenvalue weighted by molar-refractivity contribution is 0.565. The molecule has 3 rings (SSSR count). The summed E-state index contributed by atoms with van der Waals surface area (Å²) in [4.78, 5) is 8.54. The Balaban J connectivity index is 1.75. The molecule has 0 aliphatic carbocycles. The summed E-state index contributed by atoms with van der Waals surface area (Å²) in [7, 11) is 0. The van der Waals surface area contributed by atoms with Crippen LogP contribution < -0.4 is 5.32 Å². The molecule has 0 amide bonds. The molecule has 0 bridgehead atoms. The summed E-state index contributed by atoms with van der Waals surface area (Å²) in [5.74, 6) is 0. The average molecular weight is 410 g/mol. The number of benzene rings is 1. The van der Waals surface area contributed by atoms with Gasteiger partial charge in [0.25, 0.3) is 0 Å². The number of imidazole rings is 1.